The second kappa shape index (κ2) is 8.41. The van der Waals surface area contributed by atoms with Crippen molar-refractivity contribution in [1.29, 1.82) is 5.26 Å². The van der Waals surface area contributed by atoms with Crippen molar-refractivity contribution in [3.05, 3.63) is 52.8 Å². The lowest BCUT2D eigenvalue weighted by molar-refractivity contribution is 0.122. The molecule has 148 valence electrons. The van der Waals surface area contributed by atoms with E-state index in [4.69, 9.17) is 4.74 Å². The van der Waals surface area contributed by atoms with Crippen LogP contribution in [0.3, 0.4) is 0 Å². The highest BCUT2D eigenvalue weighted by Crippen LogP contribution is 2.26. The number of hydrogen-bond acceptors (Lipinski definition) is 7. The SMILES string of the molecule is Cc1c(C#N)cccc1CCNc1nnc(C)c2cnc(N3CCOCC3)cc12. The van der Waals surface area contributed by atoms with E-state index in [1.807, 2.05) is 32.2 Å². The van der Waals surface area contributed by atoms with E-state index in [-0.39, 0.29) is 0 Å². The zero-order chi connectivity index (χ0) is 20.2. The maximum atomic E-state index is 9.22. The van der Waals surface area contributed by atoms with Crippen LogP contribution in [0.1, 0.15) is 22.4 Å². The van der Waals surface area contributed by atoms with Crippen LogP contribution in [0.4, 0.5) is 11.6 Å². The van der Waals surface area contributed by atoms with Crippen LogP contribution in [0.25, 0.3) is 10.8 Å². The number of morpholine rings is 1. The summed E-state index contributed by atoms with van der Waals surface area (Å²) in [5, 5.41) is 23.4. The van der Waals surface area contributed by atoms with Crippen molar-refractivity contribution in [3.8, 4) is 6.07 Å². The van der Waals surface area contributed by atoms with Crippen LogP contribution in [0.2, 0.25) is 0 Å². The minimum atomic E-state index is 0.706. The minimum absolute atomic E-state index is 0.706. The Hall–Kier alpha value is -3.24. The van der Waals surface area contributed by atoms with E-state index >= 15 is 0 Å². The highest BCUT2D eigenvalue weighted by Gasteiger charge is 2.15. The molecule has 0 bridgehead atoms. The van der Waals surface area contributed by atoms with E-state index in [0.29, 0.717) is 6.54 Å². The van der Waals surface area contributed by atoms with Crippen molar-refractivity contribution in [3.63, 3.8) is 0 Å². The van der Waals surface area contributed by atoms with Crippen molar-refractivity contribution < 1.29 is 4.74 Å². The van der Waals surface area contributed by atoms with Gasteiger partial charge in [-0.05, 0) is 43.5 Å². The molecule has 0 unspecified atom stereocenters. The highest BCUT2D eigenvalue weighted by atomic mass is 16.5. The molecule has 1 fully saturated rings. The van der Waals surface area contributed by atoms with Gasteiger partial charge in [0.25, 0.3) is 0 Å². The van der Waals surface area contributed by atoms with Gasteiger partial charge in [-0.1, -0.05) is 12.1 Å². The molecule has 3 heterocycles. The summed E-state index contributed by atoms with van der Waals surface area (Å²) < 4.78 is 5.45. The molecule has 0 atom stereocenters. The number of ether oxygens (including phenoxy) is 1. The maximum Gasteiger partial charge on any atom is 0.156 e. The van der Waals surface area contributed by atoms with E-state index in [2.05, 4.69) is 43.6 Å². The predicted octanol–water partition coefficient (Wildman–Crippen LogP) is 3.00. The molecule has 0 spiro atoms. The summed E-state index contributed by atoms with van der Waals surface area (Å²) in [5.74, 6) is 1.70. The molecule has 3 aromatic rings. The fourth-order valence-corrected chi connectivity index (χ4v) is 3.65. The van der Waals surface area contributed by atoms with Crippen LogP contribution >= 0.6 is 0 Å². The van der Waals surface area contributed by atoms with Gasteiger partial charge >= 0.3 is 0 Å². The number of anilines is 2. The molecular weight excluding hydrogens is 364 g/mol. The summed E-state index contributed by atoms with van der Waals surface area (Å²) in [7, 11) is 0. The van der Waals surface area contributed by atoms with E-state index < -0.39 is 0 Å². The van der Waals surface area contributed by atoms with Crippen LogP contribution in [-0.2, 0) is 11.2 Å². The summed E-state index contributed by atoms with van der Waals surface area (Å²) in [4.78, 5) is 6.87. The van der Waals surface area contributed by atoms with Crippen LogP contribution in [-0.4, -0.2) is 48.0 Å². The number of nitriles is 1. The summed E-state index contributed by atoms with van der Waals surface area (Å²) in [5.41, 5.74) is 3.79. The lowest BCUT2D eigenvalue weighted by atomic mass is 10.0. The number of hydrogen-bond donors (Lipinski definition) is 1. The molecule has 1 aliphatic heterocycles. The molecule has 0 saturated carbocycles. The Labute approximate surface area is 170 Å². The second-order valence-electron chi connectivity index (χ2n) is 7.20. The molecule has 0 radical (unpaired) electrons. The van der Waals surface area contributed by atoms with Crippen LogP contribution in [0.5, 0.6) is 0 Å². The first-order chi connectivity index (χ1) is 14.2. The number of pyridine rings is 1. The maximum absolute atomic E-state index is 9.22. The smallest absolute Gasteiger partial charge is 0.156 e. The second-order valence-corrected chi connectivity index (χ2v) is 7.20. The standard InChI is InChI=1S/C22H24N6O/c1-15-17(4-3-5-18(15)13-23)6-7-24-22-19-12-21(28-8-10-29-11-9-28)25-14-20(19)16(2)26-27-22/h3-5,12,14H,6-11H2,1-2H3,(H,24,27). The van der Waals surface area contributed by atoms with Crippen molar-refractivity contribution in [2.75, 3.05) is 43.1 Å². The monoisotopic (exact) mass is 388 g/mol. The molecule has 7 heteroatoms. The Morgan fingerprint density at radius 1 is 1.17 bits per heavy atom. The van der Waals surface area contributed by atoms with Gasteiger partial charge in [0, 0.05) is 36.6 Å². The van der Waals surface area contributed by atoms with E-state index in [1.54, 1.807) is 0 Å². The first-order valence-corrected chi connectivity index (χ1v) is 9.85. The Bertz CT molecular complexity index is 1070. The predicted molar refractivity (Wildman–Crippen MR) is 113 cm³/mol. The zero-order valence-corrected chi connectivity index (χ0v) is 16.8. The lowest BCUT2D eigenvalue weighted by Crippen LogP contribution is -2.36. The number of rotatable bonds is 5. The van der Waals surface area contributed by atoms with Gasteiger partial charge < -0.3 is 15.0 Å². The lowest BCUT2D eigenvalue weighted by Gasteiger charge is -2.28. The molecular formula is C22H24N6O. The largest absolute Gasteiger partial charge is 0.378 e. The van der Waals surface area contributed by atoms with Crippen molar-refractivity contribution in [2.24, 2.45) is 0 Å². The summed E-state index contributed by atoms with van der Waals surface area (Å²) in [6, 6.07) is 10.2. The normalized spacial score (nSPS) is 14.0. The van der Waals surface area contributed by atoms with Gasteiger partial charge in [0.2, 0.25) is 0 Å². The number of benzene rings is 1. The Morgan fingerprint density at radius 3 is 2.79 bits per heavy atom. The van der Waals surface area contributed by atoms with Crippen molar-refractivity contribution >= 4 is 22.4 Å². The third-order valence-electron chi connectivity index (χ3n) is 5.42. The highest BCUT2D eigenvalue weighted by molar-refractivity contribution is 5.94. The van der Waals surface area contributed by atoms with Gasteiger partial charge in [0.1, 0.15) is 5.82 Å². The van der Waals surface area contributed by atoms with Crippen molar-refractivity contribution in [2.45, 2.75) is 20.3 Å². The average Bonchev–Trinajstić information content (AvgIpc) is 2.77. The summed E-state index contributed by atoms with van der Waals surface area (Å²) in [6.45, 7) is 7.78. The molecule has 7 nitrogen and oxygen atoms in total. The average molecular weight is 388 g/mol. The topological polar surface area (TPSA) is 87.0 Å². The fraction of sp³-hybridized carbons (Fsp3) is 0.364. The Kier molecular flexibility index (Phi) is 5.54. The van der Waals surface area contributed by atoms with Crippen molar-refractivity contribution in [1.82, 2.24) is 15.2 Å². The first-order valence-electron chi connectivity index (χ1n) is 9.85. The molecule has 0 amide bonds. The molecule has 29 heavy (non-hydrogen) atoms. The number of aromatic nitrogens is 3. The van der Waals surface area contributed by atoms with Crippen LogP contribution < -0.4 is 10.2 Å². The molecule has 0 aliphatic carbocycles. The molecule has 1 aromatic carbocycles. The minimum Gasteiger partial charge on any atom is -0.378 e. The van der Waals surface area contributed by atoms with Gasteiger partial charge in [-0.2, -0.15) is 10.4 Å². The van der Waals surface area contributed by atoms with Gasteiger partial charge in [0.05, 0.1) is 30.5 Å². The number of fused-ring (bicyclic) bond motifs is 1. The van der Waals surface area contributed by atoms with Gasteiger partial charge in [0.15, 0.2) is 5.82 Å². The third kappa shape index (κ3) is 3.98. The Morgan fingerprint density at radius 2 is 2.00 bits per heavy atom. The number of nitrogens with one attached hydrogen (secondary N) is 1. The van der Waals surface area contributed by atoms with Gasteiger partial charge in [-0.25, -0.2) is 4.98 Å². The molecule has 2 aromatic heterocycles. The third-order valence-corrected chi connectivity index (χ3v) is 5.42. The summed E-state index contributed by atoms with van der Waals surface area (Å²) in [6.07, 6.45) is 2.69. The quantitative estimate of drug-likeness (QED) is 0.719. The van der Waals surface area contributed by atoms with E-state index in [0.717, 1.165) is 77.5 Å². The first kappa shape index (κ1) is 19.1. The number of aryl methyl sites for hydroxylation is 1. The number of nitrogens with zero attached hydrogens (tertiary/aromatic N) is 5. The Balaban J connectivity index is 1.56. The fourth-order valence-electron chi connectivity index (χ4n) is 3.65. The molecule has 1 N–H and O–H groups in total. The van der Waals surface area contributed by atoms with E-state index in [9.17, 15) is 5.26 Å². The molecule has 1 saturated heterocycles. The van der Waals surface area contributed by atoms with Crippen LogP contribution in [0.15, 0.2) is 30.5 Å². The zero-order valence-electron chi connectivity index (χ0n) is 16.8. The molecule has 4 rings (SSSR count). The van der Waals surface area contributed by atoms with Gasteiger partial charge in [-0.15, -0.1) is 5.10 Å². The summed E-state index contributed by atoms with van der Waals surface area (Å²) >= 11 is 0. The van der Waals surface area contributed by atoms with Crippen LogP contribution in [0, 0.1) is 25.2 Å². The van der Waals surface area contributed by atoms with Gasteiger partial charge in [-0.3, -0.25) is 0 Å². The van der Waals surface area contributed by atoms with E-state index in [1.165, 1.54) is 0 Å². The molecule has 1 aliphatic rings.